The molecule has 86 valence electrons. The first-order valence-electron chi connectivity index (χ1n) is 4.70. The number of phosphoric acid groups is 1. The number of aryl methyl sites for hydroxylation is 2. The van der Waals surface area contributed by atoms with Gasteiger partial charge in [-0.3, -0.25) is 4.57 Å². The summed E-state index contributed by atoms with van der Waals surface area (Å²) in [6.45, 7) is 4.18. The Labute approximate surface area is 88.7 Å². The Kier molecular flexibility index (Phi) is 3.90. The SMILES string of the molecule is CCOP(=O)([O-])Oc1n(CC)cc[n+]1C. The van der Waals surface area contributed by atoms with E-state index in [2.05, 4.69) is 4.52 Å². The molecule has 0 fully saturated rings. The Morgan fingerprint density at radius 2 is 2.27 bits per heavy atom. The quantitative estimate of drug-likeness (QED) is 0.539. The lowest BCUT2D eigenvalue weighted by molar-refractivity contribution is -0.674. The molecule has 0 bridgehead atoms. The van der Waals surface area contributed by atoms with Crippen molar-refractivity contribution in [2.75, 3.05) is 6.61 Å². The van der Waals surface area contributed by atoms with Gasteiger partial charge in [0.2, 0.25) is 0 Å². The fourth-order valence-corrected chi connectivity index (χ4v) is 1.96. The van der Waals surface area contributed by atoms with E-state index >= 15 is 0 Å². The summed E-state index contributed by atoms with van der Waals surface area (Å²) >= 11 is 0. The Morgan fingerprint density at radius 1 is 1.60 bits per heavy atom. The van der Waals surface area contributed by atoms with Crippen LogP contribution in [0.5, 0.6) is 6.01 Å². The Bertz CT molecular complexity index is 377. The summed E-state index contributed by atoms with van der Waals surface area (Å²) in [6, 6.07) is 0.240. The molecule has 0 aliphatic carbocycles. The minimum absolute atomic E-state index is 0.0668. The van der Waals surface area contributed by atoms with Crippen molar-refractivity contribution in [3.05, 3.63) is 12.4 Å². The number of rotatable bonds is 5. The molecule has 0 radical (unpaired) electrons. The zero-order valence-electron chi connectivity index (χ0n) is 9.04. The predicted octanol–water partition coefficient (Wildman–Crippen LogP) is 0.216. The molecule has 0 aromatic carbocycles. The van der Waals surface area contributed by atoms with Crippen molar-refractivity contribution in [3.63, 3.8) is 0 Å². The highest BCUT2D eigenvalue weighted by Crippen LogP contribution is 2.37. The Hall–Kier alpha value is -0.840. The van der Waals surface area contributed by atoms with Crippen LogP contribution >= 0.6 is 7.82 Å². The van der Waals surface area contributed by atoms with E-state index < -0.39 is 7.82 Å². The van der Waals surface area contributed by atoms with E-state index in [0.29, 0.717) is 6.54 Å². The molecule has 1 aromatic heterocycles. The summed E-state index contributed by atoms with van der Waals surface area (Å²) in [6.07, 6.45) is 3.45. The van der Waals surface area contributed by atoms with Gasteiger partial charge < -0.3 is 13.9 Å². The van der Waals surface area contributed by atoms with Crippen LogP contribution < -0.4 is 14.0 Å². The van der Waals surface area contributed by atoms with Gasteiger partial charge in [-0.1, -0.05) is 0 Å². The monoisotopic (exact) mass is 234 g/mol. The molecule has 0 saturated carbocycles. The molecule has 1 unspecified atom stereocenters. The highest BCUT2D eigenvalue weighted by atomic mass is 31.2. The van der Waals surface area contributed by atoms with Gasteiger partial charge in [-0.25, -0.2) is 0 Å². The molecule has 0 aliphatic heterocycles. The highest BCUT2D eigenvalue weighted by Gasteiger charge is 2.21. The van der Waals surface area contributed by atoms with E-state index in [4.69, 9.17) is 4.52 Å². The van der Waals surface area contributed by atoms with E-state index in [9.17, 15) is 9.46 Å². The lowest BCUT2D eigenvalue weighted by Gasteiger charge is -2.20. The topological polar surface area (TPSA) is 67.4 Å². The fraction of sp³-hybridized carbons (Fsp3) is 0.625. The average Bonchev–Trinajstić information content (AvgIpc) is 2.47. The molecular weight excluding hydrogens is 219 g/mol. The van der Waals surface area contributed by atoms with E-state index in [-0.39, 0.29) is 12.6 Å². The molecule has 15 heavy (non-hydrogen) atoms. The van der Waals surface area contributed by atoms with Crippen molar-refractivity contribution in [3.8, 4) is 6.01 Å². The number of phosphoric ester groups is 1. The van der Waals surface area contributed by atoms with Gasteiger partial charge in [-0.05, 0) is 13.8 Å². The highest BCUT2D eigenvalue weighted by molar-refractivity contribution is 7.46. The molecule has 0 spiro atoms. The van der Waals surface area contributed by atoms with Crippen LogP contribution in [-0.4, -0.2) is 11.2 Å². The third-order valence-electron chi connectivity index (χ3n) is 1.84. The predicted molar refractivity (Wildman–Crippen MR) is 51.1 cm³/mol. The molecule has 7 heteroatoms. The lowest BCUT2D eigenvalue weighted by Crippen LogP contribution is -2.29. The van der Waals surface area contributed by atoms with Gasteiger partial charge in [-0.2, -0.15) is 9.13 Å². The maximum absolute atomic E-state index is 11.3. The zero-order valence-corrected chi connectivity index (χ0v) is 9.94. The van der Waals surface area contributed by atoms with Crippen LogP contribution in [0.15, 0.2) is 12.4 Å². The van der Waals surface area contributed by atoms with Gasteiger partial charge in [-0.15, -0.1) is 0 Å². The molecule has 1 atom stereocenters. The Balaban J connectivity index is 2.88. The number of hydrogen-bond donors (Lipinski definition) is 0. The van der Waals surface area contributed by atoms with Gasteiger partial charge in [0.1, 0.15) is 12.4 Å². The number of imidazole rings is 1. The summed E-state index contributed by atoms with van der Waals surface area (Å²) in [4.78, 5) is 11.3. The van der Waals surface area contributed by atoms with Crippen molar-refractivity contribution in [1.29, 1.82) is 0 Å². The molecular formula is C8H15N2O4P. The lowest BCUT2D eigenvalue weighted by atomic mass is 10.7. The van der Waals surface area contributed by atoms with Crippen molar-refractivity contribution < 1.29 is 23.1 Å². The normalized spacial score (nSPS) is 14.9. The zero-order chi connectivity index (χ0) is 11.5. The molecule has 1 heterocycles. The molecule has 0 amide bonds. The number of aromatic nitrogens is 2. The van der Waals surface area contributed by atoms with Crippen LogP contribution in [0, 0.1) is 0 Å². The van der Waals surface area contributed by atoms with E-state index in [1.807, 2.05) is 6.92 Å². The number of nitrogens with zero attached hydrogens (tertiary/aromatic N) is 2. The van der Waals surface area contributed by atoms with E-state index in [0.717, 1.165) is 0 Å². The minimum atomic E-state index is -4.24. The summed E-state index contributed by atoms with van der Waals surface area (Å²) in [7, 11) is -2.54. The smallest absolute Gasteiger partial charge is 0.461 e. The second kappa shape index (κ2) is 4.79. The second-order valence-electron chi connectivity index (χ2n) is 2.93. The van der Waals surface area contributed by atoms with Crippen molar-refractivity contribution >= 4 is 7.82 Å². The van der Waals surface area contributed by atoms with Crippen LogP contribution in [0.3, 0.4) is 0 Å². The third-order valence-corrected chi connectivity index (χ3v) is 2.80. The Morgan fingerprint density at radius 3 is 2.80 bits per heavy atom. The largest absolute Gasteiger partial charge is 0.746 e. The first-order valence-corrected chi connectivity index (χ1v) is 6.16. The molecule has 1 rings (SSSR count). The minimum Gasteiger partial charge on any atom is -0.746 e. The second-order valence-corrected chi connectivity index (χ2v) is 4.27. The van der Waals surface area contributed by atoms with Crippen molar-refractivity contribution in [2.45, 2.75) is 20.4 Å². The van der Waals surface area contributed by atoms with Crippen LogP contribution in [0.2, 0.25) is 0 Å². The first kappa shape index (κ1) is 12.2. The standard InChI is InChI=1S/C8H15N2O4P/c1-4-10-7-6-9(3)8(10)14-15(11,12)13-5-2/h6-7H,4-5H2,1-3H3. The van der Waals surface area contributed by atoms with E-state index in [1.54, 1.807) is 35.5 Å². The summed E-state index contributed by atoms with van der Waals surface area (Å²) < 4.78 is 23.9. The molecule has 6 nitrogen and oxygen atoms in total. The summed E-state index contributed by atoms with van der Waals surface area (Å²) in [5, 5.41) is 0. The van der Waals surface area contributed by atoms with E-state index in [1.165, 1.54) is 0 Å². The molecule has 0 saturated heterocycles. The van der Waals surface area contributed by atoms with Gasteiger partial charge in [0.25, 0.3) is 0 Å². The maximum Gasteiger partial charge on any atom is 0.461 e. The van der Waals surface area contributed by atoms with Gasteiger partial charge in [0.15, 0.2) is 0 Å². The summed E-state index contributed by atoms with van der Waals surface area (Å²) in [5.74, 6) is 0. The van der Waals surface area contributed by atoms with Crippen molar-refractivity contribution in [2.24, 2.45) is 7.05 Å². The third kappa shape index (κ3) is 3.06. The molecule has 1 aromatic rings. The summed E-state index contributed by atoms with van der Waals surface area (Å²) in [5.41, 5.74) is 0. The average molecular weight is 234 g/mol. The van der Waals surface area contributed by atoms with Gasteiger partial charge >= 0.3 is 13.8 Å². The molecule has 0 aliphatic rings. The van der Waals surface area contributed by atoms with Crippen LogP contribution in [0.4, 0.5) is 0 Å². The fourth-order valence-electron chi connectivity index (χ4n) is 1.15. The van der Waals surface area contributed by atoms with Crippen LogP contribution in [0.1, 0.15) is 13.8 Å². The van der Waals surface area contributed by atoms with Crippen LogP contribution in [0.25, 0.3) is 0 Å². The molecule has 0 N–H and O–H groups in total. The maximum atomic E-state index is 11.3. The van der Waals surface area contributed by atoms with Crippen LogP contribution in [-0.2, 0) is 22.7 Å². The number of hydrogen-bond acceptors (Lipinski definition) is 4. The van der Waals surface area contributed by atoms with Gasteiger partial charge in [0.05, 0.1) is 20.2 Å². The first-order chi connectivity index (χ1) is 7.00. The van der Waals surface area contributed by atoms with Gasteiger partial charge in [0, 0.05) is 0 Å². The van der Waals surface area contributed by atoms with Crippen molar-refractivity contribution in [1.82, 2.24) is 4.57 Å².